The predicted octanol–water partition coefficient (Wildman–Crippen LogP) is 3.59. The molecule has 0 aromatic heterocycles. The molecule has 21 heavy (non-hydrogen) atoms. The monoisotopic (exact) mass is 299 g/mol. The molecule has 0 aromatic rings. The van der Waals surface area contributed by atoms with Gasteiger partial charge in [-0.1, -0.05) is 26.3 Å². The lowest BCUT2D eigenvalue weighted by Crippen LogP contribution is -2.47. The van der Waals surface area contributed by atoms with Gasteiger partial charge in [-0.25, -0.2) is 9.59 Å². The van der Waals surface area contributed by atoms with Crippen LogP contribution in [0.3, 0.4) is 0 Å². The summed E-state index contributed by atoms with van der Waals surface area (Å²) >= 11 is 0. The van der Waals surface area contributed by atoms with E-state index in [1.165, 1.54) is 0 Å². The average Bonchev–Trinajstić information content (AvgIpc) is 2.32. The van der Waals surface area contributed by atoms with E-state index in [0.29, 0.717) is 5.92 Å². The van der Waals surface area contributed by atoms with Crippen molar-refractivity contribution in [2.75, 3.05) is 0 Å². The van der Waals surface area contributed by atoms with Crippen molar-refractivity contribution in [3.63, 3.8) is 0 Å². The van der Waals surface area contributed by atoms with Crippen LogP contribution >= 0.6 is 0 Å². The largest absolute Gasteiger partial charge is 0.480 e. The number of carboxylic acid groups (broad SMARTS) is 1. The minimum absolute atomic E-state index is 0.160. The second-order valence-electron chi connectivity index (χ2n) is 6.58. The Hall–Kier alpha value is -1.52. The molecule has 1 amide bonds. The molecule has 122 valence electrons. The minimum atomic E-state index is -1.04. The summed E-state index contributed by atoms with van der Waals surface area (Å²) in [6, 6.07) is -0.932. The SMILES string of the molecule is C=CC(C)CCC[C@@H](C)C(NC(=O)OC(C)(C)C)C(=O)O. The smallest absolute Gasteiger partial charge is 0.408 e. The number of hydrogen-bond acceptors (Lipinski definition) is 3. The topological polar surface area (TPSA) is 75.6 Å². The molecular formula is C16H29NO4. The molecule has 0 bridgehead atoms. The summed E-state index contributed by atoms with van der Waals surface area (Å²) in [5.41, 5.74) is -0.643. The van der Waals surface area contributed by atoms with Crippen molar-refractivity contribution in [1.29, 1.82) is 0 Å². The summed E-state index contributed by atoms with van der Waals surface area (Å²) in [5.74, 6) is -0.781. The quantitative estimate of drug-likeness (QED) is 0.672. The zero-order valence-electron chi connectivity index (χ0n) is 13.8. The van der Waals surface area contributed by atoms with Crippen LogP contribution in [-0.4, -0.2) is 28.8 Å². The van der Waals surface area contributed by atoms with E-state index >= 15 is 0 Å². The van der Waals surface area contributed by atoms with E-state index in [1.54, 1.807) is 20.8 Å². The number of nitrogens with one attached hydrogen (secondary N) is 1. The number of carbonyl (C=O) groups is 2. The molecule has 0 aliphatic carbocycles. The summed E-state index contributed by atoms with van der Waals surface area (Å²) < 4.78 is 5.10. The van der Waals surface area contributed by atoms with E-state index < -0.39 is 23.7 Å². The molecule has 0 aromatic carbocycles. The summed E-state index contributed by atoms with van der Waals surface area (Å²) in [5, 5.41) is 11.7. The zero-order chi connectivity index (χ0) is 16.6. The van der Waals surface area contributed by atoms with Gasteiger partial charge in [0.25, 0.3) is 0 Å². The van der Waals surface area contributed by atoms with Crippen molar-refractivity contribution in [3.05, 3.63) is 12.7 Å². The Kier molecular flexibility index (Phi) is 8.07. The number of allylic oxidation sites excluding steroid dienone is 1. The summed E-state index contributed by atoms with van der Waals surface area (Å²) in [4.78, 5) is 23.0. The molecule has 0 spiro atoms. The molecule has 3 atom stereocenters. The molecule has 0 aliphatic rings. The number of ether oxygens (including phenoxy) is 1. The molecule has 2 unspecified atom stereocenters. The Morgan fingerprint density at radius 3 is 2.29 bits per heavy atom. The van der Waals surface area contributed by atoms with Crippen molar-refractivity contribution in [2.45, 2.75) is 65.5 Å². The van der Waals surface area contributed by atoms with Gasteiger partial charge < -0.3 is 15.2 Å². The standard InChI is InChI=1S/C16H29NO4/c1-7-11(2)9-8-10-12(3)13(14(18)19)17-15(20)21-16(4,5)6/h7,11-13H,1,8-10H2,2-6H3,(H,17,20)(H,18,19)/t11?,12-,13?/m1/s1. The lowest BCUT2D eigenvalue weighted by atomic mass is 9.93. The molecule has 5 heteroatoms. The molecule has 0 heterocycles. The van der Waals surface area contributed by atoms with Crippen molar-refractivity contribution >= 4 is 12.1 Å². The molecule has 0 saturated heterocycles. The molecule has 0 rings (SSSR count). The second kappa shape index (κ2) is 8.70. The maximum absolute atomic E-state index is 11.7. The van der Waals surface area contributed by atoms with Gasteiger partial charge >= 0.3 is 12.1 Å². The van der Waals surface area contributed by atoms with Gasteiger partial charge in [0.1, 0.15) is 11.6 Å². The highest BCUT2D eigenvalue weighted by molar-refractivity contribution is 5.80. The van der Waals surface area contributed by atoms with E-state index in [9.17, 15) is 14.7 Å². The normalized spacial score (nSPS) is 15.7. The van der Waals surface area contributed by atoms with Gasteiger partial charge in [0, 0.05) is 0 Å². The fourth-order valence-corrected chi connectivity index (χ4v) is 1.93. The Balaban J connectivity index is 4.43. The van der Waals surface area contributed by atoms with Gasteiger partial charge in [0.05, 0.1) is 0 Å². The lowest BCUT2D eigenvalue weighted by molar-refractivity contribution is -0.140. The number of carboxylic acids is 1. The van der Waals surface area contributed by atoms with E-state index in [-0.39, 0.29) is 5.92 Å². The molecule has 0 saturated carbocycles. The first-order valence-electron chi connectivity index (χ1n) is 7.41. The van der Waals surface area contributed by atoms with Crippen molar-refractivity contribution in [3.8, 4) is 0 Å². The minimum Gasteiger partial charge on any atom is -0.480 e. The highest BCUT2D eigenvalue weighted by Gasteiger charge is 2.28. The van der Waals surface area contributed by atoms with Crippen LogP contribution in [0.4, 0.5) is 4.79 Å². The van der Waals surface area contributed by atoms with Gasteiger partial charge in [-0.2, -0.15) is 0 Å². The second-order valence-corrected chi connectivity index (χ2v) is 6.58. The maximum atomic E-state index is 11.7. The van der Waals surface area contributed by atoms with Crippen LogP contribution in [0, 0.1) is 11.8 Å². The predicted molar refractivity (Wildman–Crippen MR) is 83.2 cm³/mol. The number of hydrogen-bond donors (Lipinski definition) is 2. The molecular weight excluding hydrogens is 270 g/mol. The fourth-order valence-electron chi connectivity index (χ4n) is 1.93. The summed E-state index contributed by atoms with van der Waals surface area (Å²) in [6.45, 7) is 12.8. The van der Waals surface area contributed by atoms with Crippen LogP contribution in [-0.2, 0) is 9.53 Å². The molecule has 5 nitrogen and oxygen atoms in total. The van der Waals surface area contributed by atoms with Crippen molar-refractivity contribution in [2.24, 2.45) is 11.8 Å². The average molecular weight is 299 g/mol. The Morgan fingerprint density at radius 2 is 1.86 bits per heavy atom. The number of carbonyl (C=O) groups excluding carboxylic acids is 1. The van der Waals surface area contributed by atoms with Gasteiger partial charge in [-0.15, -0.1) is 6.58 Å². The van der Waals surface area contributed by atoms with Gasteiger partial charge in [-0.3, -0.25) is 0 Å². The van der Waals surface area contributed by atoms with Gasteiger partial charge in [0.15, 0.2) is 0 Å². The van der Waals surface area contributed by atoms with Crippen molar-refractivity contribution in [1.82, 2.24) is 5.32 Å². The van der Waals surface area contributed by atoms with Crippen LogP contribution in [0.2, 0.25) is 0 Å². The van der Waals surface area contributed by atoms with Gasteiger partial charge in [0.2, 0.25) is 0 Å². The fraction of sp³-hybridized carbons (Fsp3) is 0.750. The number of amides is 1. The van der Waals surface area contributed by atoms with E-state index in [0.717, 1.165) is 19.3 Å². The molecule has 0 aliphatic heterocycles. The first kappa shape index (κ1) is 19.5. The van der Waals surface area contributed by atoms with E-state index in [2.05, 4.69) is 18.8 Å². The van der Waals surface area contributed by atoms with Crippen LogP contribution in [0.15, 0.2) is 12.7 Å². The lowest BCUT2D eigenvalue weighted by Gasteiger charge is -2.25. The molecule has 0 radical (unpaired) electrons. The molecule has 2 N–H and O–H groups in total. The Morgan fingerprint density at radius 1 is 1.29 bits per heavy atom. The van der Waals surface area contributed by atoms with Crippen molar-refractivity contribution < 1.29 is 19.4 Å². The number of rotatable bonds is 8. The van der Waals surface area contributed by atoms with Crippen LogP contribution in [0.25, 0.3) is 0 Å². The van der Waals surface area contributed by atoms with Crippen LogP contribution < -0.4 is 5.32 Å². The first-order chi connectivity index (χ1) is 9.56. The van der Waals surface area contributed by atoms with Crippen LogP contribution in [0.1, 0.15) is 53.9 Å². The van der Waals surface area contributed by atoms with Crippen LogP contribution in [0.5, 0.6) is 0 Å². The zero-order valence-corrected chi connectivity index (χ0v) is 13.8. The Labute approximate surface area is 127 Å². The maximum Gasteiger partial charge on any atom is 0.408 e. The molecule has 0 fully saturated rings. The third-order valence-electron chi connectivity index (χ3n) is 3.23. The third-order valence-corrected chi connectivity index (χ3v) is 3.23. The number of alkyl carbamates (subject to hydrolysis) is 1. The summed E-state index contributed by atoms with van der Waals surface area (Å²) in [6.07, 6.45) is 3.78. The van der Waals surface area contributed by atoms with E-state index in [4.69, 9.17) is 4.74 Å². The highest BCUT2D eigenvalue weighted by Crippen LogP contribution is 2.17. The first-order valence-corrected chi connectivity index (χ1v) is 7.41. The highest BCUT2D eigenvalue weighted by atomic mass is 16.6. The van der Waals surface area contributed by atoms with E-state index in [1.807, 2.05) is 13.0 Å². The third kappa shape index (κ3) is 9.10. The Bertz CT molecular complexity index is 360. The number of aliphatic carboxylic acids is 1. The summed E-state index contributed by atoms with van der Waals surface area (Å²) in [7, 11) is 0. The van der Waals surface area contributed by atoms with Gasteiger partial charge in [-0.05, 0) is 45.4 Å².